The molecule has 0 N–H and O–H groups in total. The highest BCUT2D eigenvalue weighted by molar-refractivity contribution is 5.55. The molecule has 0 radical (unpaired) electrons. The molecule has 6 heteroatoms. The number of ether oxygens (including phenoxy) is 1. The minimum Gasteiger partial charge on any atom is -0.489 e. The third kappa shape index (κ3) is 5.68. The molecular weight excluding hydrogens is 376 g/mol. The summed E-state index contributed by atoms with van der Waals surface area (Å²) in [6.45, 7) is 11.3. The smallest absolute Gasteiger partial charge is 0.241 e. The van der Waals surface area contributed by atoms with E-state index in [2.05, 4.69) is 45.9 Å². The molecule has 3 aromatic rings. The molecule has 1 saturated heterocycles. The van der Waals surface area contributed by atoms with Crippen molar-refractivity contribution in [3.8, 4) is 17.1 Å². The molecule has 4 rings (SSSR count). The summed E-state index contributed by atoms with van der Waals surface area (Å²) < 4.78 is 11.3. The van der Waals surface area contributed by atoms with E-state index in [0.29, 0.717) is 30.8 Å². The minimum absolute atomic E-state index is 0.553. The maximum absolute atomic E-state index is 5.85. The molecule has 0 amide bonds. The largest absolute Gasteiger partial charge is 0.489 e. The number of nitrogens with zero attached hydrogens (tertiary/aromatic N) is 4. The Hall–Kier alpha value is -2.70. The van der Waals surface area contributed by atoms with E-state index in [1.54, 1.807) is 0 Å². The summed E-state index contributed by atoms with van der Waals surface area (Å²) >= 11 is 0. The van der Waals surface area contributed by atoms with Gasteiger partial charge in [0.2, 0.25) is 11.7 Å². The molecule has 0 saturated carbocycles. The quantitative estimate of drug-likeness (QED) is 0.562. The summed E-state index contributed by atoms with van der Waals surface area (Å²) in [6.07, 6.45) is 0. The fourth-order valence-corrected chi connectivity index (χ4v) is 3.72. The van der Waals surface area contributed by atoms with E-state index in [4.69, 9.17) is 9.26 Å². The van der Waals surface area contributed by atoms with Gasteiger partial charge in [0.1, 0.15) is 12.4 Å². The third-order valence-corrected chi connectivity index (χ3v) is 5.28. The second-order valence-electron chi connectivity index (χ2n) is 8.28. The van der Waals surface area contributed by atoms with Crippen molar-refractivity contribution in [1.29, 1.82) is 0 Å². The number of hydrogen-bond donors (Lipinski definition) is 0. The van der Waals surface area contributed by atoms with Gasteiger partial charge in [-0.25, -0.2) is 0 Å². The average molecular weight is 407 g/mol. The first-order valence-electron chi connectivity index (χ1n) is 10.7. The standard InChI is InChI=1S/C24H30N4O2/c1-19(2)16-27-12-14-28(15-13-27)17-23-25-24(26-30-23)21-8-10-22(11-9-21)29-18-20-6-4-3-5-7-20/h3-11,19H,12-18H2,1-2H3. The zero-order chi connectivity index (χ0) is 20.8. The Morgan fingerprint density at radius 3 is 2.33 bits per heavy atom. The van der Waals surface area contributed by atoms with Crippen molar-refractivity contribution in [2.45, 2.75) is 27.0 Å². The van der Waals surface area contributed by atoms with Gasteiger partial charge in [0.05, 0.1) is 6.54 Å². The van der Waals surface area contributed by atoms with Crippen molar-refractivity contribution in [2.75, 3.05) is 32.7 Å². The molecule has 2 aromatic carbocycles. The number of rotatable bonds is 8. The Kier molecular flexibility index (Phi) is 6.77. The Morgan fingerprint density at radius 1 is 0.933 bits per heavy atom. The van der Waals surface area contributed by atoms with Crippen LogP contribution in [0.15, 0.2) is 59.1 Å². The van der Waals surface area contributed by atoms with Crippen LogP contribution in [0.25, 0.3) is 11.4 Å². The lowest BCUT2D eigenvalue weighted by Crippen LogP contribution is -2.46. The van der Waals surface area contributed by atoms with Crippen molar-refractivity contribution < 1.29 is 9.26 Å². The van der Waals surface area contributed by atoms with E-state index in [9.17, 15) is 0 Å². The van der Waals surface area contributed by atoms with E-state index >= 15 is 0 Å². The zero-order valence-electron chi connectivity index (χ0n) is 17.8. The Bertz CT molecular complexity index is 900. The molecule has 0 atom stereocenters. The van der Waals surface area contributed by atoms with Crippen LogP contribution in [0.5, 0.6) is 5.75 Å². The van der Waals surface area contributed by atoms with Crippen LogP contribution in [-0.2, 0) is 13.2 Å². The number of benzene rings is 2. The number of aromatic nitrogens is 2. The maximum atomic E-state index is 5.85. The predicted molar refractivity (Wildman–Crippen MR) is 117 cm³/mol. The van der Waals surface area contributed by atoms with E-state index < -0.39 is 0 Å². The van der Waals surface area contributed by atoms with Gasteiger partial charge in [0.15, 0.2) is 0 Å². The fourth-order valence-electron chi connectivity index (χ4n) is 3.72. The molecule has 1 aromatic heterocycles. The molecule has 0 aliphatic carbocycles. The van der Waals surface area contributed by atoms with Gasteiger partial charge in [0.25, 0.3) is 0 Å². The lowest BCUT2D eigenvalue weighted by atomic mass is 10.2. The molecule has 2 heterocycles. The van der Waals surface area contributed by atoms with Gasteiger partial charge in [-0.3, -0.25) is 4.90 Å². The van der Waals surface area contributed by atoms with E-state index in [1.165, 1.54) is 6.54 Å². The van der Waals surface area contributed by atoms with Gasteiger partial charge in [0, 0.05) is 38.3 Å². The number of hydrogen-bond acceptors (Lipinski definition) is 6. The highest BCUT2D eigenvalue weighted by Gasteiger charge is 2.20. The van der Waals surface area contributed by atoms with Gasteiger partial charge in [-0.15, -0.1) is 0 Å². The molecular formula is C24H30N4O2. The Balaban J connectivity index is 1.28. The normalized spacial score (nSPS) is 15.6. The first-order chi connectivity index (χ1) is 14.7. The monoisotopic (exact) mass is 406 g/mol. The predicted octanol–water partition coefficient (Wildman–Crippen LogP) is 4.09. The zero-order valence-corrected chi connectivity index (χ0v) is 17.8. The van der Waals surface area contributed by atoms with Crippen molar-refractivity contribution in [2.24, 2.45) is 5.92 Å². The SMILES string of the molecule is CC(C)CN1CCN(Cc2nc(-c3ccc(OCc4ccccc4)cc3)no2)CC1. The topological polar surface area (TPSA) is 54.6 Å². The highest BCUT2D eigenvalue weighted by atomic mass is 16.5. The van der Waals surface area contributed by atoms with Crippen molar-refractivity contribution >= 4 is 0 Å². The maximum Gasteiger partial charge on any atom is 0.241 e. The van der Waals surface area contributed by atoms with E-state index in [0.717, 1.165) is 43.1 Å². The van der Waals surface area contributed by atoms with Crippen molar-refractivity contribution in [1.82, 2.24) is 19.9 Å². The van der Waals surface area contributed by atoms with Crippen molar-refractivity contribution in [3.05, 3.63) is 66.1 Å². The van der Waals surface area contributed by atoms with Crippen LogP contribution < -0.4 is 4.74 Å². The first kappa shape index (κ1) is 20.6. The lowest BCUT2D eigenvalue weighted by molar-refractivity contribution is 0.108. The molecule has 0 unspecified atom stereocenters. The number of piperazine rings is 1. The van der Waals surface area contributed by atoms with E-state index in [-0.39, 0.29) is 0 Å². The Morgan fingerprint density at radius 2 is 1.63 bits per heavy atom. The first-order valence-corrected chi connectivity index (χ1v) is 10.7. The van der Waals surface area contributed by atoms with E-state index in [1.807, 2.05) is 42.5 Å². The summed E-state index contributed by atoms with van der Waals surface area (Å²) in [5.41, 5.74) is 2.08. The van der Waals surface area contributed by atoms with Gasteiger partial charge >= 0.3 is 0 Å². The molecule has 30 heavy (non-hydrogen) atoms. The third-order valence-electron chi connectivity index (χ3n) is 5.28. The second kappa shape index (κ2) is 9.87. The average Bonchev–Trinajstić information content (AvgIpc) is 3.23. The van der Waals surface area contributed by atoms with Crippen LogP contribution in [0.1, 0.15) is 25.3 Å². The van der Waals surface area contributed by atoms with Crippen LogP contribution in [0.4, 0.5) is 0 Å². The summed E-state index contributed by atoms with van der Waals surface area (Å²) in [4.78, 5) is 9.50. The fraction of sp³-hybridized carbons (Fsp3) is 0.417. The molecule has 0 spiro atoms. The van der Waals surface area contributed by atoms with Crippen LogP contribution in [0.2, 0.25) is 0 Å². The molecule has 1 aliphatic heterocycles. The molecule has 6 nitrogen and oxygen atoms in total. The molecule has 1 aliphatic rings. The van der Waals surface area contributed by atoms with Crippen LogP contribution in [0.3, 0.4) is 0 Å². The van der Waals surface area contributed by atoms with Gasteiger partial charge in [-0.1, -0.05) is 49.3 Å². The van der Waals surface area contributed by atoms with Crippen molar-refractivity contribution in [3.63, 3.8) is 0 Å². The summed E-state index contributed by atoms with van der Waals surface area (Å²) in [6, 6.07) is 18.0. The molecule has 0 bridgehead atoms. The second-order valence-corrected chi connectivity index (χ2v) is 8.28. The summed E-state index contributed by atoms with van der Waals surface area (Å²) in [5, 5.41) is 4.17. The highest BCUT2D eigenvalue weighted by Crippen LogP contribution is 2.21. The van der Waals surface area contributed by atoms with Gasteiger partial charge in [-0.2, -0.15) is 4.98 Å². The summed E-state index contributed by atoms with van der Waals surface area (Å²) in [7, 11) is 0. The Labute approximate surface area is 178 Å². The van der Waals surface area contributed by atoms with Crippen LogP contribution >= 0.6 is 0 Å². The minimum atomic E-state index is 0.553. The lowest BCUT2D eigenvalue weighted by Gasteiger charge is -2.34. The molecule has 158 valence electrons. The van der Waals surface area contributed by atoms with Gasteiger partial charge in [-0.05, 0) is 35.7 Å². The van der Waals surface area contributed by atoms with Crippen LogP contribution in [0, 0.1) is 5.92 Å². The van der Waals surface area contributed by atoms with Crippen LogP contribution in [-0.4, -0.2) is 52.7 Å². The summed E-state index contributed by atoms with van der Waals surface area (Å²) in [5.74, 6) is 2.83. The van der Waals surface area contributed by atoms with Gasteiger partial charge < -0.3 is 14.2 Å². The molecule has 1 fully saturated rings.